The normalized spacial score (nSPS) is 16.0. The second kappa shape index (κ2) is 13.4. The summed E-state index contributed by atoms with van der Waals surface area (Å²) in [4.78, 5) is 35.5. The molecule has 1 aliphatic rings. The summed E-state index contributed by atoms with van der Waals surface area (Å²) in [5, 5.41) is 2.09. The van der Waals surface area contributed by atoms with E-state index in [1.807, 2.05) is 60.7 Å². The van der Waals surface area contributed by atoms with Crippen molar-refractivity contribution in [3.05, 3.63) is 72.8 Å². The van der Waals surface area contributed by atoms with Gasteiger partial charge in [-0.2, -0.15) is 0 Å². The summed E-state index contributed by atoms with van der Waals surface area (Å²) in [7, 11) is -2.15. The van der Waals surface area contributed by atoms with Crippen LogP contribution in [0.25, 0.3) is 0 Å². The molecular formula is C18H14CoI3O3PSn+. The zero-order valence-corrected chi connectivity index (χ0v) is 25.1. The molecule has 0 amide bonds. The van der Waals surface area contributed by atoms with Crippen molar-refractivity contribution in [2.24, 2.45) is 0 Å². The monoisotopic (exact) mass is 869 g/mol. The van der Waals surface area contributed by atoms with Gasteiger partial charge in [0.2, 0.25) is 5.78 Å². The molecule has 0 saturated heterocycles. The van der Waals surface area contributed by atoms with Crippen LogP contribution < -0.4 is 10.6 Å². The van der Waals surface area contributed by atoms with E-state index in [1.54, 1.807) is 6.08 Å². The molecule has 0 fully saturated rings. The molecule has 0 aromatic heterocycles. The van der Waals surface area contributed by atoms with Crippen LogP contribution in [-0.4, -0.2) is 30.9 Å². The molecule has 142 valence electrons. The quantitative estimate of drug-likeness (QED) is 0.205. The average molecular weight is 868 g/mol. The van der Waals surface area contributed by atoms with Gasteiger partial charge >= 0.3 is 63.8 Å². The van der Waals surface area contributed by atoms with Gasteiger partial charge in [0, 0.05) is 16.8 Å². The van der Waals surface area contributed by atoms with E-state index in [-0.39, 0.29) is 16.8 Å². The molecule has 0 N–H and O–H groups in total. The van der Waals surface area contributed by atoms with Gasteiger partial charge in [0.15, 0.2) is 5.66 Å². The predicted octanol–water partition coefficient (Wildman–Crippen LogP) is 3.77. The fraction of sp³-hybridized carbons (Fsp3) is 0.0556. The Morgan fingerprint density at radius 2 is 1.19 bits per heavy atom. The number of rotatable bonds is 3. The van der Waals surface area contributed by atoms with Crippen molar-refractivity contribution in [2.45, 2.75) is 5.66 Å². The van der Waals surface area contributed by atoms with E-state index in [0.29, 0.717) is 0 Å². The van der Waals surface area contributed by atoms with Crippen molar-refractivity contribution < 1.29 is 31.2 Å². The Morgan fingerprint density at radius 3 is 1.59 bits per heavy atom. The van der Waals surface area contributed by atoms with E-state index in [0.717, 1.165) is 10.6 Å². The van der Waals surface area contributed by atoms with Gasteiger partial charge in [0.1, 0.15) is 0 Å². The summed E-state index contributed by atoms with van der Waals surface area (Å²) >= 11 is 7.54. The summed E-state index contributed by atoms with van der Waals surface area (Å²) in [5.74, 6) is -2.21. The second-order valence-corrected chi connectivity index (χ2v) is 72.3. The van der Waals surface area contributed by atoms with Gasteiger partial charge in [-0.25, -0.2) is 0 Å². The van der Waals surface area contributed by atoms with Gasteiger partial charge in [0.25, 0.3) is 11.6 Å². The first kappa shape index (κ1) is 26.2. The number of Topliss-reactive ketones (excluding diaryl/α,β-unsaturated/α-hetero) is 2. The van der Waals surface area contributed by atoms with Crippen LogP contribution in [0.3, 0.4) is 0 Å². The van der Waals surface area contributed by atoms with Crippen LogP contribution in [0.2, 0.25) is 0 Å². The Hall–Kier alpha value is 1.12. The third kappa shape index (κ3) is 8.04. The first-order chi connectivity index (χ1) is 12.4. The van der Waals surface area contributed by atoms with Crippen molar-refractivity contribution in [3.63, 3.8) is 0 Å². The maximum absolute atomic E-state index is 12.3. The van der Waals surface area contributed by atoms with E-state index in [4.69, 9.17) is 0 Å². The van der Waals surface area contributed by atoms with Crippen molar-refractivity contribution >= 4 is 99.6 Å². The molecule has 1 unspecified atom stereocenters. The molecule has 0 bridgehead atoms. The van der Waals surface area contributed by atoms with Crippen LogP contribution in [0.15, 0.2) is 72.8 Å². The summed E-state index contributed by atoms with van der Waals surface area (Å²) in [6.45, 7) is 0. The predicted molar refractivity (Wildman–Crippen MR) is 136 cm³/mol. The number of benzene rings is 2. The molecule has 2 aromatic carbocycles. The van der Waals surface area contributed by atoms with Crippen LogP contribution in [0.4, 0.5) is 0 Å². The second-order valence-electron chi connectivity index (χ2n) is 5.25. The maximum atomic E-state index is 12.3. The van der Waals surface area contributed by atoms with Gasteiger partial charge < -0.3 is 0 Å². The molecule has 9 heteroatoms. The fourth-order valence-corrected chi connectivity index (χ4v) is 5.43. The summed E-state index contributed by atoms with van der Waals surface area (Å²) in [6, 6.07) is 19.4. The van der Waals surface area contributed by atoms with Crippen LogP contribution in [0.1, 0.15) is 0 Å². The fourth-order valence-electron chi connectivity index (χ4n) is 2.60. The van der Waals surface area contributed by atoms with Crippen LogP contribution >= 0.6 is 63.8 Å². The zero-order chi connectivity index (χ0) is 19.1. The third-order valence-corrected chi connectivity index (χ3v) is 6.64. The zero-order valence-electron chi connectivity index (χ0n) is 13.7. The molecule has 2 radical (unpaired) electrons. The molecule has 1 aliphatic carbocycles. The molecule has 2 aromatic rings. The Kier molecular flexibility index (Phi) is 13.0. The van der Waals surface area contributed by atoms with E-state index in [2.05, 4.69) is 55.9 Å². The first-order valence-electron chi connectivity index (χ1n) is 7.53. The summed E-state index contributed by atoms with van der Waals surface area (Å²) in [5.41, 5.74) is -0.542. The number of ketones is 3. The van der Waals surface area contributed by atoms with Gasteiger partial charge in [-0.1, -0.05) is 36.4 Å². The van der Waals surface area contributed by atoms with Gasteiger partial charge in [-0.05, 0) is 36.4 Å². The molecule has 0 heterocycles. The summed E-state index contributed by atoms with van der Waals surface area (Å²) in [6.07, 6.45) is 2.84. The molecule has 3 rings (SSSR count). The molecular weight excluding hydrogens is 854 g/mol. The number of carbonyl (C=O) groups is 3. The van der Waals surface area contributed by atoms with Gasteiger partial charge in [-0.3, -0.25) is 14.4 Å². The minimum atomic E-state index is -1.51. The van der Waals surface area contributed by atoms with Crippen LogP contribution in [0, 0.1) is 0 Å². The van der Waals surface area contributed by atoms with Gasteiger partial charge in [0.05, 0.1) is 18.5 Å². The Morgan fingerprint density at radius 1 is 0.778 bits per heavy atom. The van der Waals surface area contributed by atoms with E-state index >= 15 is 0 Å². The van der Waals surface area contributed by atoms with E-state index in [9.17, 15) is 14.4 Å². The molecule has 0 aliphatic heterocycles. The minimum absolute atomic E-state index is 0. The number of hydrogen-bond donors (Lipinski definition) is 0. The standard InChI is InChI=1S/C18H13O3P.Co.3HI.Sn/c19-15-11-12-16(18(21)17(15)20)22(13-7-3-1-4-8-13)14-9-5-2-6-10-14;;;;;/h1-12,16H;;3*1H;/q;;;;;+3/p-2. The average Bonchev–Trinajstić information content (AvgIpc) is 2.63. The first-order valence-corrected chi connectivity index (χ1v) is 34.1. The topological polar surface area (TPSA) is 51.2 Å². The molecule has 27 heavy (non-hydrogen) atoms. The van der Waals surface area contributed by atoms with Crippen LogP contribution in [-0.2, 0) is 31.2 Å². The SMILES string of the molecule is O=C1C=CC([PH+](c2ccccc2)c2ccccc2)C(=O)C1=O.[Co].[I][Sn]([I])[I]. The Balaban J connectivity index is 0.000000666. The number of carbonyl (C=O) groups excluding carboxylic acids is 3. The van der Waals surface area contributed by atoms with Crippen molar-refractivity contribution in [2.75, 3.05) is 0 Å². The van der Waals surface area contributed by atoms with E-state index in [1.165, 1.54) is 6.08 Å². The third-order valence-electron chi connectivity index (χ3n) is 3.65. The van der Waals surface area contributed by atoms with Crippen molar-refractivity contribution in [3.8, 4) is 0 Å². The van der Waals surface area contributed by atoms with Crippen LogP contribution in [0.5, 0.6) is 0 Å². The Labute approximate surface area is 206 Å². The number of allylic oxidation sites excluding steroid dienone is 2. The molecule has 0 saturated carbocycles. The molecule has 1 atom stereocenters. The van der Waals surface area contributed by atoms with Crippen molar-refractivity contribution in [1.29, 1.82) is 0 Å². The van der Waals surface area contributed by atoms with Crippen molar-refractivity contribution in [1.82, 2.24) is 0 Å². The number of hydrogen-bond acceptors (Lipinski definition) is 3. The number of halogens is 3. The molecule has 3 nitrogen and oxygen atoms in total. The Bertz CT molecular complexity index is 777. The van der Waals surface area contributed by atoms with Gasteiger partial charge in [-0.15, -0.1) is 0 Å². The van der Waals surface area contributed by atoms with E-state index < -0.39 is 38.8 Å². The molecule has 0 spiro atoms. The summed E-state index contributed by atoms with van der Waals surface area (Å²) < 4.78 is 0.